The van der Waals surface area contributed by atoms with E-state index in [0.717, 1.165) is 11.7 Å². The maximum Gasteiger partial charge on any atom is 0.202 e. The van der Waals surface area contributed by atoms with Gasteiger partial charge in [-0.25, -0.2) is 4.98 Å². The molecule has 1 aromatic rings. The van der Waals surface area contributed by atoms with E-state index in [1.54, 1.807) is 6.33 Å². The van der Waals surface area contributed by atoms with Crippen molar-refractivity contribution in [3.05, 3.63) is 6.33 Å². The van der Waals surface area contributed by atoms with Gasteiger partial charge in [0.25, 0.3) is 0 Å². The van der Waals surface area contributed by atoms with Crippen LogP contribution in [0.25, 0.3) is 0 Å². The first kappa shape index (κ1) is 8.61. The minimum absolute atomic E-state index is 0.500. The number of hydrogen-bond donors (Lipinski definition) is 1. The summed E-state index contributed by atoms with van der Waals surface area (Å²) in [5, 5.41) is 4.24. The SMILES string of the molecule is c1nsc(NCC2CC3CCC2O3)n1. The van der Waals surface area contributed by atoms with E-state index >= 15 is 0 Å². The first-order chi connectivity index (χ1) is 6.92. The van der Waals surface area contributed by atoms with Crippen molar-refractivity contribution in [2.45, 2.75) is 31.5 Å². The lowest BCUT2D eigenvalue weighted by Crippen LogP contribution is -2.24. The number of nitrogens with one attached hydrogen (secondary N) is 1. The van der Waals surface area contributed by atoms with E-state index in [0.29, 0.717) is 18.1 Å². The summed E-state index contributed by atoms with van der Waals surface area (Å²) in [7, 11) is 0. The molecule has 5 heteroatoms. The smallest absolute Gasteiger partial charge is 0.202 e. The topological polar surface area (TPSA) is 47.0 Å². The summed E-state index contributed by atoms with van der Waals surface area (Å²) in [4.78, 5) is 4.09. The van der Waals surface area contributed by atoms with Gasteiger partial charge in [-0.1, -0.05) is 0 Å². The van der Waals surface area contributed by atoms with Crippen LogP contribution in [0.5, 0.6) is 0 Å². The van der Waals surface area contributed by atoms with E-state index in [4.69, 9.17) is 4.74 Å². The molecule has 2 aliphatic heterocycles. The Bertz CT molecular complexity index is 303. The van der Waals surface area contributed by atoms with Crippen molar-refractivity contribution in [3.63, 3.8) is 0 Å². The lowest BCUT2D eigenvalue weighted by Gasteiger charge is -2.18. The summed E-state index contributed by atoms with van der Waals surface area (Å²) in [6, 6.07) is 0. The van der Waals surface area contributed by atoms with Crippen molar-refractivity contribution in [1.29, 1.82) is 0 Å². The first-order valence-corrected chi connectivity index (χ1v) is 5.85. The molecule has 2 aliphatic rings. The Morgan fingerprint density at radius 2 is 2.57 bits per heavy atom. The monoisotopic (exact) mass is 211 g/mol. The maximum atomic E-state index is 5.78. The fourth-order valence-corrected chi connectivity index (χ4v) is 2.86. The van der Waals surface area contributed by atoms with Crippen LogP contribution < -0.4 is 5.32 Å². The second-order valence-electron chi connectivity index (χ2n) is 4.00. The fraction of sp³-hybridized carbons (Fsp3) is 0.778. The lowest BCUT2D eigenvalue weighted by atomic mass is 9.89. The molecule has 76 valence electrons. The Morgan fingerprint density at radius 1 is 1.57 bits per heavy atom. The first-order valence-electron chi connectivity index (χ1n) is 5.08. The summed E-state index contributed by atoms with van der Waals surface area (Å²) in [5.74, 6) is 0.678. The van der Waals surface area contributed by atoms with Gasteiger partial charge in [-0.2, -0.15) is 4.37 Å². The molecular weight excluding hydrogens is 198 g/mol. The van der Waals surface area contributed by atoms with E-state index in [1.165, 1.54) is 30.8 Å². The highest BCUT2D eigenvalue weighted by Crippen LogP contribution is 2.38. The van der Waals surface area contributed by atoms with E-state index < -0.39 is 0 Å². The van der Waals surface area contributed by atoms with Gasteiger partial charge in [0.05, 0.1) is 12.2 Å². The average molecular weight is 211 g/mol. The highest BCUT2D eigenvalue weighted by Gasteiger charge is 2.40. The van der Waals surface area contributed by atoms with E-state index in [9.17, 15) is 0 Å². The molecule has 0 aromatic carbocycles. The quantitative estimate of drug-likeness (QED) is 0.823. The van der Waals surface area contributed by atoms with Gasteiger partial charge in [0.2, 0.25) is 5.13 Å². The van der Waals surface area contributed by atoms with Crippen LogP contribution in [0.2, 0.25) is 0 Å². The Kier molecular flexibility index (Phi) is 2.14. The van der Waals surface area contributed by atoms with Crippen LogP contribution in [0.15, 0.2) is 6.33 Å². The molecule has 2 fully saturated rings. The molecule has 3 rings (SSSR count). The highest BCUT2D eigenvalue weighted by atomic mass is 32.1. The maximum absolute atomic E-state index is 5.78. The largest absolute Gasteiger partial charge is 0.375 e. The van der Waals surface area contributed by atoms with Gasteiger partial charge < -0.3 is 10.1 Å². The zero-order chi connectivity index (χ0) is 9.38. The van der Waals surface area contributed by atoms with Gasteiger partial charge in [0.15, 0.2) is 0 Å². The van der Waals surface area contributed by atoms with Crippen molar-refractivity contribution in [2.75, 3.05) is 11.9 Å². The van der Waals surface area contributed by atoms with Gasteiger partial charge in [-0.05, 0) is 19.3 Å². The van der Waals surface area contributed by atoms with E-state index in [2.05, 4.69) is 14.7 Å². The second-order valence-corrected chi connectivity index (χ2v) is 4.78. The molecule has 3 heterocycles. The molecule has 0 aliphatic carbocycles. The molecule has 3 unspecified atom stereocenters. The van der Waals surface area contributed by atoms with Crippen LogP contribution in [0, 0.1) is 5.92 Å². The third-order valence-corrected chi connectivity index (χ3v) is 3.73. The van der Waals surface area contributed by atoms with Crippen LogP contribution >= 0.6 is 11.5 Å². The number of nitrogens with zero attached hydrogens (tertiary/aromatic N) is 2. The second kappa shape index (κ2) is 3.47. The van der Waals surface area contributed by atoms with Crippen molar-refractivity contribution in [3.8, 4) is 0 Å². The van der Waals surface area contributed by atoms with Crippen molar-refractivity contribution < 1.29 is 4.74 Å². The summed E-state index contributed by atoms with van der Waals surface area (Å²) in [6.07, 6.45) is 6.36. The molecule has 0 spiro atoms. The number of rotatable bonds is 3. The van der Waals surface area contributed by atoms with Gasteiger partial charge in [0, 0.05) is 24.0 Å². The summed E-state index contributed by atoms with van der Waals surface area (Å²) >= 11 is 1.41. The summed E-state index contributed by atoms with van der Waals surface area (Å²) in [5.41, 5.74) is 0. The number of fused-ring (bicyclic) bond motifs is 2. The summed E-state index contributed by atoms with van der Waals surface area (Å²) < 4.78 is 9.73. The van der Waals surface area contributed by atoms with Crippen LogP contribution in [0.1, 0.15) is 19.3 Å². The Balaban J connectivity index is 1.54. The minimum Gasteiger partial charge on any atom is -0.375 e. The number of aromatic nitrogens is 2. The van der Waals surface area contributed by atoms with Crippen molar-refractivity contribution >= 4 is 16.7 Å². The lowest BCUT2D eigenvalue weighted by molar-refractivity contribution is 0.0941. The van der Waals surface area contributed by atoms with Crippen LogP contribution in [0.3, 0.4) is 0 Å². The third-order valence-electron chi connectivity index (χ3n) is 3.11. The van der Waals surface area contributed by atoms with E-state index in [1.807, 2.05) is 0 Å². The van der Waals surface area contributed by atoms with Gasteiger partial charge in [-0.3, -0.25) is 0 Å². The molecule has 1 N–H and O–H groups in total. The van der Waals surface area contributed by atoms with E-state index in [-0.39, 0.29) is 0 Å². The molecule has 2 saturated heterocycles. The van der Waals surface area contributed by atoms with Crippen LogP contribution in [-0.2, 0) is 4.74 Å². The molecule has 14 heavy (non-hydrogen) atoms. The summed E-state index contributed by atoms with van der Waals surface area (Å²) in [6.45, 7) is 0.982. The standard InChI is InChI=1S/C9H13N3OS/c1-2-8-6(3-7(1)13-8)4-10-9-11-5-12-14-9/h5-8H,1-4H2,(H,10,11,12). The van der Waals surface area contributed by atoms with Crippen molar-refractivity contribution in [1.82, 2.24) is 9.36 Å². The predicted molar refractivity (Wildman–Crippen MR) is 54.4 cm³/mol. The predicted octanol–water partition coefficient (Wildman–Crippen LogP) is 1.52. The average Bonchev–Trinajstić information content (AvgIpc) is 2.91. The van der Waals surface area contributed by atoms with Crippen molar-refractivity contribution in [2.24, 2.45) is 5.92 Å². The molecule has 0 saturated carbocycles. The van der Waals surface area contributed by atoms with Gasteiger partial charge >= 0.3 is 0 Å². The molecule has 4 nitrogen and oxygen atoms in total. The number of anilines is 1. The zero-order valence-electron chi connectivity index (χ0n) is 7.85. The minimum atomic E-state index is 0.500. The molecule has 3 atom stereocenters. The van der Waals surface area contributed by atoms with Gasteiger partial charge in [-0.15, -0.1) is 0 Å². The van der Waals surface area contributed by atoms with Crippen LogP contribution in [0.4, 0.5) is 5.13 Å². The Morgan fingerprint density at radius 3 is 3.21 bits per heavy atom. The normalized spacial score (nSPS) is 35.0. The Labute approximate surface area is 86.9 Å². The molecule has 1 aromatic heterocycles. The molecule has 0 radical (unpaired) electrons. The highest BCUT2D eigenvalue weighted by molar-refractivity contribution is 7.09. The fourth-order valence-electron chi connectivity index (χ4n) is 2.43. The number of ether oxygens (including phenoxy) is 1. The van der Waals surface area contributed by atoms with Crippen LogP contribution in [-0.4, -0.2) is 28.1 Å². The molecule has 0 amide bonds. The number of hydrogen-bond acceptors (Lipinski definition) is 5. The molecular formula is C9H13N3OS. The zero-order valence-corrected chi connectivity index (χ0v) is 8.67. The molecule has 2 bridgehead atoms. The Hall–Kier alpha value is -0.680. The third kappa shape index (κ3) is 1.50. The van der Waals surface area contributed by atoms with Gasteiger partial charge in [0.1, 0.15) is 6.33 Å².